The zero-order chi connectivity index (χ0) is 14.5. The minimum Gasteiger partial charge on any atom is -0.343 e. The Morgan fingerprint density at radius 2 is 2.00 bits per heavy atom. The van der Waals surface area contributed by atoms with Crippen molar-refractivity contribution in [2.24, 2.45) is 0 Å². The molecule has 1 aliphatic heterocycles. The van der Waals surface area contributed by atoms with Crippen molar-refractivity contribution in [1.29, 1.82) is 0 Å². The van der Waals surface area contributed by atoms with Gasteiger partial charge in [0.2, 0.25) is 5.91 Å². The Kier molecular flexibility index (Phi) is 4.88. The van der Waals surface area contributed by atoms with Gasteiger partial charge >= 0.3 is 0 Å². The summed E-state index contributed by atoms with van der Waals surface area (Å²) >= 11 is 1.79. The Morgan fingerprint density at radius 3 is 2.86 bits per heavy atom. The van der Waals surface area contributed by atoms with Crippen LogP contribution in [0.1, 0.15) is 31.2 Å². The Morgan fingerprint density at radius 1 is 1.19 bits per heavy atom. The van der Waals surface area contributed by atoms with Crippen LogP contribution in [0.3, 0.4) is 0 Å². The Balaban J connectivity index is 1.44. The summed E-state index contributed by atoms with van der Waals surface area (Å²) in [4.78, 5) is 14.1. The summed E-state index contributed by atoms with van der Waals surface area (Å²) in [7, 11) is 0. The van der Waals surface area contributed by atoms with E-state index in [9.17, 15) is 4.79 Å². The van der Waals surface area contributed by atoms with Crippen LogP contribution in [0.25, 0.3) is 10.1 Å². The summed E-state index contributed by atoms with van der Waals surface area (Å²) < 4.78 is 1.33. The molecule has 1 amide bonds. The molecule has 1 fully saturated rings. The molecule has 1 aromatic heterocycles. The lowest BCUT2D eigenvalue weighted by Gasteiger charge is -2.26. The molecule has 1 aliphatic rings. The number of fused-ring (bicyclic) bond motifs is 1. The van der Waals surface area contributed by atoms with Gasteiger partial charge in [0, 0.05) is 37.3 Å². The monoisotopic (exact) mass is 302 g/mol. The highest BCUT2D eigenvalue weighted by molar-refractivity contribution is 7.17. The van der Waals surface area contributed by atoms with Crippen molar-refractivity contribution < 1.29 is 4.79 Å². The zero-order valence-electron chi connectivity index (χ0n) is 12.3. The molecule has 0 aliphatic carbocycles. The van der Waals surface area contributed by atoms with E-state index in [1.54, 1.807) is 11.3 Å². The molecule has 2 aromatic rings. The van der Waals surface area contributed by atoms with Crippen molar-refractivity contribution in [2.75, 3.05) is 19.6 Å². The maximum atomic E-state index is 12.1. The molecule has 0 bridgehead atoms. The van der Waals surface area contributed by atoms with E-state index in [1.807, 2.05) is 4.90 Å². The van der Waals surface area contributed by atoms with Crippen LogP contribution in [-0.4, -0.2) is 30.4 Å². The number of benzene rings is 1. The van der Waals surface area contributed by atoms with Crippen LogP contribution in [0.2, 0.25) is 0 Å². The van der Waals surface area contributed by atoms with Crippen molar-refractivity contribution in [3.8, 4) is 0 Å². The fraction of sp³-hybridized carbons (Fsp3) is 0.471. The SMILES string of the molecule is O=C(CCNCc1csc2ccccc12)N1CCCCC1. The number of hydrogen-bond acceptors (Lipinski definition) is 3. The predicted octanol–water partition coefficient (Wildman–Crippen LogP) is 3.39. The summed E-state index contributed by atoms with van der Waals surface area (Å²) in [6.45, 7) is 3.51. The number of hydrogen-bond donors (Lipinski definition) is 1. The molecule has 2 heterocycles. The number of rotatable bonds is 5. The third kappa shape index (κ3) is 3.63. The second kappa shape index (κ2) is 7.05. The third-order valence-corrected chi connectivity index (χ3v) is 5.11. The van der Waals surface area contributed by atoms with Gasteiger partial charge < -0.3 is 10.2 Å². The summed E-state index contributed by atoms with van der Waals surface area (Å²) in [6.07, 6.45) is 4.22. The average Bonchev–Trinajstić information content (AvgIpc) is 2.95. The lowest BCUT2D eigenvalue weighted by molar-refractivity contribution is -0.131. The number of thiophene rings is 1. The fourth-order valence-electron chi connectivity index (χ4n) is 2.89. The third-order valence-electron chi connectivity index (χ3n) is 4.10. The van der Waals surface area contributed by atoms with Gasteiger partial charge in [-0.1, -0.05) is 18.2 Å². The highest BCUT2D eigenvalue weighted by Crippen LogP contribution is 2.25. The first-order chi connectivity index (χ1) is 10.3. The van der Waals surface area contributed by atoms with Crippen molar-refractivity contribution in [2.45, 2.75) is 32.2 Å². The normalized spacial score (nSPS) is 15.5. The van der Waals surface area contributed by atoms with E-state index in [-0.39, 0.29) is 0 Å². The molecule has 112 valence electrons. The van der Waals surface area contributed by atoms with E-state index in [0.29, 0.717) is 12.3 Å². The maximum Gasteiger partial charge on any atom is 0.223 e. The molecular weight excluding hydrogens is 280 g/mol. The average molecular weight is 302 g/mol. The van der Waals surface area contributed by atoms with Gasteiger partial charge in [0.1, 0.15) is 0 Å². The number of nitrogens with one attached hydrogen (secondary N) is 1. The number of likely N-dealkylation sites (tertiary alicyclic amines) is 1. The quantitative estimate of drug-likeness (QED) is 0.859. The van der Waals surface area contributed by atoms with Gasteiger partial charge in [-0.3, -0.25) is 4.79 Å². The molecule has 4 heteroatoms. The minimum atomic E-state index is 0.303. The molecule has 21 heavy (non-hydrogen) atoms. The van der Waals surface area contributed by atoms with Gasteiger partial charge in [0.05, 0.1) is 0 Å². The van der Waals surface area contributed by atoms with E-state index in [2.05, 4.69) is 35.0 Å². The van der Waals surface area contributed by atoms with Crippen molar-refractivity contribution in [1.82, 2.24) is 10.2 Å². The second-order valence-electron chi connectivity index (χ2n) is 5.63. The van der Waals surface area contributed by atoms with Crippen LogP contribution >= 0.6 is 11.3 Å². The number of carbonyl (C=O) groups is 1. The molecule has 3 rings (SSSR count). The van der Waals surface area contributed by atoms with Gasteiger partial charge in [-0.2, -0.15) is 0 Å². The van der Waals surface area contributed by atoms with E-state index in [4.69, 9.17) is 0 Å². The summed E-state index contributed by atoms with van der Waals surface area (Å²) in [6, 6.07) is 8.48. The van der Waals surface area contributed by atoms with E-state index >= 15 is 0 Å². The molecular formula is C17H22N2OS. The van der Waals surface area contributed by atoms with Gasteiger partial charge in [0.15, 0.2) is 0 Å². The molecule has 0 radical (unpaired) electrons. The largest absolute Gasteiger partial charge is 0.343 e. The molecule has 1 aromatic carbocycles. The molecule has 1 saturated heterocycles. The van der Waals surface area contributed by atoms with Gasteiger partial charge in [0.25, 0.3) is 0 Å². The van der Waals surface area contributed by atoms with Crippen LogP contribution < -0.4 is 5.32 Å². The van der Waals surface area contributed by atoms with Crippen LogP contribution in [-0.2, 0) is 11.3 Å². The first-order valence-corrected chi connectivity index (χ1v) is 8.66. The lowest BCUT2D eigenvalue weighted by Crippen LogP contribution is -2.37. The Hall–Kier alpha value is -1.39. The number of carbonyl (C=O) groups excluding carboxylic acids is 1. The highest BCUT2D eigenvalue weighted by Gasteiger charge is 2.15. The Labute approximate surface area is 130 Å². The fourth-order valence-corrected chi connectivity index (χ4v) is 3.85. The zero-order valence-corrected chi connectivity index (χ0v) is 13.1. The molecule has 0 spiro atoms. The Bertz CT molecular complexity index is 602. The van der Waals surface area contributed by atoms with Crippen LogP contribution in [0.5, 0.6) is 0 Å². The molecule has 0 saturated carbocycles. The predicted molar refractivity (Wildman–Crippen MR) is 88.6 cm³/mol. The lowest BCUT2D eigenvalue weighted by atomic mass is 10.1. The molecule has 0 unspecified atom stereocenters. The first kappa shape index (κ1) is 14.5. The molecule has 1 N–H and O–H groups in total. The van der Waals surface area contributed by atoms with Gasteiger partial charge in [-0.05, 0) is 41.7 Å². The number of piperidine rings is 1. The van der Waals surface area contributed by atoms with E-state index < -0.39 is 0 Å². The standard InChI is InChI=1S/C17H22N2OS/c20-17(19-10-4-1-5-11-19)8-9-18-12-14-13-21-16-7-3-2-6-15(14)16/h2-3,6-7,13,18H,1,4-5,8-12H2. The van der Waals surface area contributed by atoms with Crippen LogP contribution in [0.4, 0.5) is 0 Å². The van der Waals surface area contributed by atoms with E-state index in [0.717, 1.165) is 26.2 Å². The number of nitrogens with zero attached hydrogens (tertiary/aromatic N) is 1. The molecule has 3 nitrogen and oxygen atoms in total. The number of amides is 1. The van der Waals surface area contributed by atoms with Crippen molar-refractivity contribution in [3.05, 3.63) is 35.2 Å². The summed E-state index contributed by atoms with van der Waals surface area (Å²) in [5.41, 5.74) is 1.33. The van der Waals surface area contributed by atoms with Crippen molar-refractivity contribution in [3.63, 3.8) is 0 Å². The van der Waals surface area contributed by atoms with Gasteiger partial charge in [-0.15, -0.1) is 11.3 Å². The highest BCUT2D eigenvalue weighted by atomic mass is 32.1. The summed E-state index contributed by atoms with van der Waals surface area (Å²) in [5.74, 6) is 0.303. The first-order valence-electron chi connectivity index (χ1n) is 7.78. The minimum absolute atomic E-state index is 0.303. The van der Waals surface area contributed by atoms with E-state index in [1.165, 1.54) is 34.9 Å². The second-order valence-corrected chi connectivity index (χ2v) is 6.54. The van der Waals surface area contributed by atoms with Crippen LogP contribution in [0.15, 0.2) is 29.6 Å². The van der Waals surface area contributed by atoms with Crippen LogP contribution in [0, 0.1) is 0 Å². The smallest absolute Gasteiger partial charge is 0.223 e. The van der Waals surface area contributed by atoms with Gasteiger partial charge in [-0.25, -0.2) is 0 Å². The maximum absolute atomic E-state index is 12.1. The topological polar surface area (TPSA) is 32.3 Å². The summed E-state index contributed by atoms with van der Waals surface area (Å²) in [5, 5.41) is 6.95. The molecule has 0 atom stereocenters. The van der Waals surface area contributed by atoms with Crippen molar-refractivity contribution >= 4 is 27.3 Å².